The highest BCUT2D eigenvalue weighted by atomic mass is 127. The number of rotatable bonds is 2. The quantitative estimate of drug-likeness (QED) is 0.438. The highest BCUT2D eigenvalue weighted by molar-refractivity contribution is 14.1. The molecule has 0 aromatic rings. The number of piperidine rings is 1. The summed E-state index contributed by atoms with van der Waals surface area (Å²) >= 11 is 2.51. The van der Waals surface area contributed by atoms with Crippen LogP contribution in [0.1, 0.15) is 40.5 Å². The number of alkyl halides is 1. The van der Waals surface area contributed by atoms with Crippen molar-refractivity contribution in [3.8, 4) is 0 Å². The molecule has 2 nitrogen and oxygen atoms in total. The first kappa shape index (κ1) is 13.7. The van der Waals surface area contributed by atoms with Crippen LogP contribution in [0, 0.1) is 0 Å². The van der Waals surface area contributed by atoms with Gasteiger partial charge in [0, 0.05) is 24.7 Å². The number of nitrogens with zero attached hydrogens (tertiary/aromatic N) is 2. The third-order valence-electron chi connectivity index (χ3n) is 3.61. The maximum absolute atomic E-state index is 2.58. The predicted molar refractivity (Wildman–Crippen MR) is 75.6 cm³/mol. The van der Waals surface area contributed by atoms with Gasteiger partial charge in [-0.25, -0.2) is 0 Å². The average Bonchev–Trinajstić information content (AvgIpc) is 2.15. The molecular formula is C12H25IN2. The van der Waals surface area contributed by atoms with Gasteiger partial charge < -0.3 is 0 Å². The molecule has 1 fully saturated rings. The van der Waals surface area contributed by atoms with Gasteiger partial charge in [0.25, 0.3) is 0 Å². The highest BCUT2D eigenvalue weighted by Gasteiger charge is 2.29. The van der Waals surface area contributed by atoms with Gasteiger partial charge in [0.1, 0.15) is 0 Å². The Morgan fingerprint density at radius 2 is 1.73 bits per heavy atom. The van der Waals surface area contributed by atoms with Gasteiger partial charge in [-0.3, -0.25) is 9.80 Å². The zero-order valence-electron chi connectivity index (χ0n) is 10.8. The molecule has 90 valence electrons. The lowest BCUT2D eigenvalue weighted by molar-refractivity contribution is 0.0641. The molecule has 0 spiro atoms. The zero-order valence-corrected chi connectivity index (χ0v) is 12.9. The van der Waals surface area contributed by atoms with Crippen molar-refractivity contribution in [2.24, 2.45) is 0 Å². The van der Waals surface area contributed by atoms with Crippen LogP contribution in [-0.4, -0.2) is 45.6 Å². The summed E-state index contributed by atoms with van der Waals surface area (Å²) < 4.78 is 0.684. The van der Waals surface area contributed by atoms with Crippen LogP contribution < -0.4 is 0 Å². The summed E-state index contributed by atoms with van der Waals surface area (Å²) in [4.78, 5) is 5.12. The second kappa shape index (κ2) is 5.32. The van der Waals surface area contributed by atoms with Crippen molar-refractivity contribution in [3.05, 3.63) is 0 Å². The van der Waals surface area contributed by atoms with Crippen LogP contribution in [0.3, 0.4) is 0 Å². The number of halogens is 1. The van der Waals surface area contributed by atoms with E-state index >= 15 is 0 Å². The lowest BCUT2D eigenvalue weighted by Crippen LogP contribution is -2.51. The zero-order chi connectivity index (χ0) is 11.6. The lowest BCUT2D eigenvalue weighted by atomic mass is 9.97. The van der Waals surface area contributed by atoms with Crippen molar-refractivity contribution < 1.29 is 0 Å². The topological polar surface area (TPSA) is 6.48 Å². The number of hydrogen-bond donors (Lipinski definition) is 0. The molecule has 1 atom stereocenters. The van der Waals surface area contributed by atoms with E-state index in [-0.39, 0.29) is 0 Å². The van der Waals surface area contributed by atoms with Crippen LogP contribution in [0.15, 0.2) is 0 Å². The standard InChI is InChI=1S/C12H25IN2/c1-10(13)15-8-6-11(7-9-15)14(5)12(2,3)4/h10-11H,6-9H2,1-5H3. The molecule has 1 rings (SSSR count). The fourth-order valence-corrected chi connectivity index (χ4v) is 2.73. The van der Waals surface area contributed by atoms with E-state index in [2.05, 4.69) is 67.1 Å². The number of likely N-dealkylation sites (tertiary alicyclic amines) is 1. The summed E-state index contributed by atoms with van der Waals surface area (Å²) in [5.41, 5.74) is 0.308. The van der Waals surface area contributed by atoms with E-state index in [1.54, 1.807) is 0 Å². The van der Waals surface area contributed by atoms with E-state index in [4.69, 9.17) is 0 Å². The summed E-state index contributed by atoms with van der Waals surface area (Å²) in [6.45, 7) is 11.7. The van der Waals surface area contributed by atoms with E-state index in [0.29, 0.717) is 9.59 Å². The van der Waals surface area contributed by atoms with Crippen LogP contribution in [0.2, 0.25) is 0 Å². The van der Waals surface area contributed by atoms with E-state index in [0.717, 1.165) is 6.04 Å². The molecule has 1 saturated heterocycles. The molecule has 3 heteroatoms. The molecule has 0 aromatic heterocycles. The van der Waals surface area contributed by atoms with Crippen molar-refractivity contribution in [1.82, 2.24) is 9.80 Å². The summed E-state index contributed by atoms with van der Waals surface area (Å²) in [5, 5.41) is 0. The van der Waals surface area contributed by atoms with E-state index in [9.17, 15) is 0 Å². The molecule has 0 aliphatic carbocycles. The molecule has 0 saturated carbocycles. The Hall–Kier alpha value is 0.650. The van der Waals surface area contributed by atoms with Gasteiger partial charge in [0.2, 0.25) is 0 Å². The summed E-state index contributed by atoms with van der Waals surface area (Å²) in [6, 6.07) is 0.774. The van der Waals surface area contributed by atoms with Crippen LogP contribution in [0.4, 0.5) is 0 Å². The van der Waals surface area contributed by atoms with Crippen molar-refractivity contribution in [2.45, 2.75) is 56.2 Å². The second-order valence-corrected chi connectivity index (χ2v) is 7.43. The monoisotopic (exact) mass is 324 g/mol. The molecule has 0 bridgehead atoms. The Labute approximate surface area is 109 Å². The van der Waals surface area contributed by atoms with Gasteiger partial charge in [-0.2, -0.15) is 0 Å². The van der Waals surface area contributed by atoms with Gasteiger partial charge in [0.05, 0.1) is 4.05 Å². The first-order valence-electron chi connectivity index (χ1n) is 5.93. The fraction of sp³-hybridized carbons (Fsp3) is 1.00. The van der Waals surface area contributed by atoms with Crippen molar-refractivity contribution >= 4 is 22.6 Å². The Kier molecular flexibility index (Phi) is 4.86. The lowest BCUT2D eigenvalue weighted by Gasteiger charge is -2.43. The van der Waals surface area contributed by atoms with E-state index < -0.39 is 0 Å². The second-order valence-electron chi connectivity index (χ2n) is 5.62. The van der Waals surface area contributed by atoms with Crippen LogP contribution in [0.5, 0.6) is 0 Å². The van der Waals surface area contributed by atoms with Gasteiger partial charge >= 0.3 is 0 Å². The molecular weight excluding hydrogens is 299 g/mol. The first-order chi connectivity index (χ1) is 6.82. The van der Waals surface area contributed by atoms with E-state index in [1.165, 1.54) is 25.9 Å². The minimum atomic E-state index is 0.308. The smallest absolute Gasteiger partial charge is 0.0589 e. The van der Waals surface area contributed by atoms with Crippen molar-refractivity contribution in [2.75, 3.05) is 20.1 Å². The van der Waals surface area contributed by atoms with E-state index in [1.807, 2.05) is 0 Å². The summed E-state index contributed by atoms with van der Waals surface area (Å²) in [6.07, 6.45) is 2.64. The molecule has 1 aliphatic rings. The highest BCUT2D eigenvalue weighted by Crippen LogP contribution is 2.24. The Morgan fingerprint density at radius 3 is 2.07 bits per heavy atom. The largest absolute Gasteiger partial charge is 0.298 e. The molecule has 1 aliphatic heterocycles. The minimum absolute atomic E-state index is 0.308. The molecule has 0 aromatic carbocycles. The van der Waals surface area contributed by atoms with Crippen molar-refractivity contribution in [1.29, 1.82) is 0 Å². The summed E-state index contributed by atoms with van der Waals surface area (Å²) in [7, 11) is 2.27. The SMILES string of the molecule is CC(I)N1CCC(N(C)C(C)(C)C)CC1. The number of hydrogen-bond acceptors (Lipinski definition) is 2. The van der Waals surface area contributed by atoms with Gasteiger partial charge in [-0.15, -0.1) is 0 Å². The van der Waals surface area contributed by atoms with Crippen LogP contribution in [0.25, 0.3) is 0 Å². The molecule has 1 unspecified atom stereocenters. The van der Waals surface area contributed by atoms with Gasteiger partial charge in [0.15, 0.2) is 0 Å². The fourth-order valence-electron chi connectivity index (χ4n) is 2.18. The van der Waals surface area contributed by atoms with Gasteiger partial charge in [-0.1, -0.05) is 22.6 Å². The maximum Gasteiger partial charge on any atom is 0.0589 e. The third-order valence-corrected chi connectivity index (χ3v) is 4.40. The Bertz CT molecular complexity index is 190. The maximum atomic E-state index is 2.58. The van der Waals surface area contributed by atoms with Crippen LogP contribution >= 0.6 is 22.6 Å². The molecule has 15 heavy (non-hydrogen) atoms. The molecule has 0 N–H and O–H groups in total. The first-order valence-corrected chi connectivity index (χ1v) is 7.18. The molecule has 1 heterocycles. The molecule has 0 amide bonds. The van der Waals surface area contributed by atoms with Crippen LogP contribution in [-0.2, 0) is 0 Å². The molecule has 0 radical (unpaired) electrons. The average molecular weight is 324 g/mol. The third kappa shape index (κ3) is 3.86. The minimum Gasteiger partial charge on any atom is -0.298 e. The normalized spacial score (nSPS) is 23.4. The summed E-state index contributed by atoms with van der Waals surface area (Å²) in [5.74, 6) is 0. The van der Waals surface area contributed by atoms with Gasteiger partial charge in [-0.05, 0) is 47.6 Å². The Balaban J connectivity index is 2.44. The predicted octanol–water partition coefficient (Wildman–Crippen LogP) is 2.96. The van der Waals surface area contributed by atoms with Crippen molar-refractivity contribution in [3.63, 3.8) is 0 Å². The Morgan fingerprint density at radius 1 is 1.27 bits per heavy atom.